The summed E-state index contributed by atoms with van der Waals surface area (Å²) in [6.07, 6.45) is -1.47. The highest BCUT2D eigenvalue weighted by Crippen LogP contribution is 2.33. The molecule has 1 fully saturated rings. The predicted octanol–water partition coefficient (Wildman–Crippen LogP) is 3.36. The summed E-state index contributed by atoms with van der Waals surface area (Å²) in [6, 6.07) is 5.30. The molecule has 0 aromatic heterocycles. The van der Waals surface area contributed by atoms with Crippen molar-refractivity contribution in [1.29, 1.82) is 0 Å². The zero-order valence-electron chi connectivity index (χ0n) is 12.3. The van der Waals surface area contributed by atoms with Crippen LogP contribution in [-0.4, -0.2) is 23.4 Å². The fourth-order valence-electron chi connectivity index (χ4n) is 2.86. The number of alkyl halides is 3. The maximum atomic E-state index is 12.9. The van der Waals surface area contributed by atoms with Gasteiger partial charge in [-0.1, -0.05) is 31.0 Å². The molecule has 0 heterocycles. The Kier molecular flexibility index (Phi) is 5.87. The van der Waals surface area contributed by atoms with Crippen molar-refractivity contribution in [3.8, 4) is 0 Å². The Morgan fingerprint density at radius 1 is 1.27 bits per heavy atom. The summed E-state index contributed by atoms with van der Waals surface area (Å²) in [5.74, 6) is -0.281. The van der Waals surface area contributed by atoms with Crippen LogP contribution in [0.25, 0.3) is 0 Å². The maximum Gasteiger partial charge on any atom is 0.416 e. The third-order valence-electron chi connectivity index (χ3n) is 4.00. The van der Waals surface area contributed by atoms with E-state index in [2.05, 4.69) is 0 Å². The molecule has 1 amide bonds. The minimum absolute atomic E-state index is 0. The quantitative estimate of drug-likeness (QED) is 0.920. The number of carbonyl (C=O) groups is 1. The van der Waals surface area contributed by atoms with E-state index in [4.69, 9.17) is 5.73 Å². The van der Waals surface area contributed by atoms with Crippen LogP contribution in [0, 0.1) is 0 Å². The number of nitrogens with two attached hydrogens (primary N) is 1. The zero-order chi connectivity index (χ0) is 15.7. The smallest absolute Gasteiger partial charge is 0.340 e. The van der Waals surface area contributed by atoms with E-state index in [1.807, 2.05) is 0 Å². The van der Waals surface area contributed by atoms with Gasteiger partial charge in [0, 0.05) is 13.6 Å². The molecule has 7 heteroatoms. The third kappa shape index (κ3) is 3.93. The van der Waals surface area contributed by atoms with Gasteiger partial charge >= 0.3 is 6.18 Å². The average Bonchev–Trinajstić information content (AvgIpc) is 2.85. The van der Waals surface area contributed by atoms with Gasteiger partial charge in [-0.15, -0.1) is 12.4 Å². The van der Waals surface area contributed by atoms with E-state index in [-0.39, 0.29) is 30.4 Å². The van der Waals surface area contributed by atoms with E-state index >= 15 is 0 Å². The number of hydrogen-bond acceptors (Lipinski definition) is 2. The molecule has 1 aromatic carbocycles. The standard InChI is InChI=1S/C15H19F3N2O.ClH/c1-20(13(21)14(19)8-4-5-9-14)10-11-6-2-3-7-12(11)15(16,17)18;/h2-3,6-7H,4-5,8-10,19H2,1H3;1H. The van der Waals surface area contributed by atoms with Crippen LogP contribution in [0.4, 0.5) is 13.2 Å². The second-order valence-electron chi connectivity index (χ2n) is 5.68. The molecule has 3 nitrogen and oxygen atoms in total. The van der Waals surface area contributed by atoms with E-state index in [1.165, 1.54) is 30.1 Å². The SMILES string of the molecule is CN(Cc1ccccc1C(F)(F)F)C(=O)C1(N)CCCC1.Cl. The summed E-state index contributed by atoms with van der Waals surface area (Å²) in [5, 5.41) is 0. The van der Waals surface area contributed by atoms with Crippen LogP contribution in [0.15, 0.2) is 24.3 Å². The van der Waals surface area contributed by atoms with Crippen LogP contribution in [-0.2, 0) is 17.5 Å². The maximum absolute atomic E-state index is 12.9. The number of likely N-dealkylation sites (N-methyl/N-ethyl adjacent to an activating group) is 1. The van der Waals surface area contributed by atoms with Gasteiger partial charge in [-0.25, -0.2) is 0 Å². The lowest BCUT2D eigenvalue weighted by Gasteiger charge is -2.29. The van der Waals surface area contributed by atoms with Crippen LogP contribution in [0.3, 0.4) is 0 Å². The first-order chi connectivity index (χ1) is 9.74. The van der Waals surface area contributed by atoms with Crippen molar-refractivity contribution in [3.63, 3.8) is 0 Å². The molecule has 2 rings (SSSR count). The van der Waals surface area contributed by atoms with Gasteiger partial charge in [0.2, 0.25) is 5.91 Å². The van der Waals surface area contributed by atoms with Crippen molar-refractivity contribution in [2.24, 2.45) is 5.73 Å². The van der Waals surface area contributed by atoms with Crippen LogP contribution >= 0.6 is 12.4 Å². The Bertz CT molecular complexity index is 528. The lowest BCUT2D eigenvalue weighted by atomic mass is 9.97. The van der Waals surface area contributed by atoms with Gasteiger partial charge in [-0.05, 0) is 24.5 Å². The fourth-order valence-corrected chi connectivity index (χ4v) is 2.86. The molecule has 2 N–H and O–H groups in total. The number of amides is 1. The van der Waals surface area contributed by atoms with Gasteiger partial charge in [0.15, 0.2) is 0 Å². The molecule has 0 aliphatic heterocycles. The van der Waals surface area contributed by atoms with E-state index in [1.54, 1.807) is 0 Å². The largest absolute Gasteiger partial charge is 0.416 e. The lowest BCUT2D eigenvalue weighted by Crippen LogP contribution is -2.52. The molecule has 0 radical (unpaired) electrons. The molecule has 1 aliphatic rings. The Morgan fingerprint density at radius 2 is 1.82 bits per heavy atom. The molecule has 0 saturated heterocycles. The van der Waals surface area contributed by atoms with E-state index < -0.39 is 17.3 Å². The van der Waals surface area contributed by atoms with Gasteiger partial charge in [0.1, 0.15) is 0 Å². The van der Waals surface area contributed by atoms with Crippen LogP contribution < -0.4 is 5.73 Å². The van der Waals surface area contributed by atoms with Crippen LogP contribution in [0.1, 0.15) is 36.8 Å². The Labute approximate surface area is 134 Å². The molecule has 1 saturated carbocycles. The van der Waals surface area contributed by atoms with Crippen molar-refractivity contribution < 1.29 is 18.0 Å². The molecule has 1 aliphatic carbocycles. The monoisotopic (exact) mass is 336 g/mol. The van der Waals surface area contributed by atoms with Crippen LogP contribution in [0.5, 0.6) is 0 Å². The second-order valence-corrected chi connectivity index (χ2v) is 5.68. The van der Waals surface area contributed by atoms with Crippen molar-refractivity contribution in [2.75, 3.05) is 7.05 Å². The number of halogens is 4. The Balaban J connectivity index is 0.00000242. The number of nitrogens with zero attached hydrogens (tertiary/aromatic N) is 1. The summed E-state index contributed by atoms with van der Waals surface area (Å²) in [6.45, 7) is -0.0898. The molecule has 0 atom stereocenters. The van der Waals surface area contributed by atoms with Crippen molar-refractivity contribution in [3.05, 3.63) is 35.4 Å². The first-order valence-electron chi connectivity index (χ1n) is 6.93. The van der Waals surface area contributed by atoms with Crippen molar-refractivity contribution in [2.45, 2.75) is 43.9 Å². The van der Waals surface area contributed by atoms with Crippen molar-refractivity contribution >= 4 is 18.3 Å². The normalized spacial score (nSPS) is 17.0. The number of carbonyl (C=O) groups excluding carboxylic acids is 1. The zero-order valence-corrected chi connectivity index (χ0v) is 13.1. The van der Waals surface area contributed by atoms with Crippen molar-refractivity contribution in [1.82, 2.24) is 4.90 Å². The van der Waals surface area contributed by atoms with E-state index in [0.717, 1.165) is 18.9 Å². The lowest BCUT2D eigenvalue weighted by molar-refractivity contribution is -0.140. The molecule has 0 unspecified atom stereocenters. The molecular formula is C15H20ClF3N2O. The third-order valence-corrected chi connectivity index (χ3v) is 4.00. The molecule has 0 bridgehead atoms. The van der Waals surface area contributed by atoms with Gasteiger partial charge in [0.05, 0.1) is 11.1 Å². The topological polar surface area (TPSA) is 46.3 Å². The van der Waals surface area contributed by atoms with Gasteiger partial charge < -0.3 is 10.6 Å². The fraction of sp³-hybridized carbons (Fsp3) is 0.533. The average molecular weight is 337 g/mol. The first kappa shape index (κ1) is 18.8. The molecule has 0 spiro atoms. The summed E-state index contributed by atoms with van der Waals surface area (Å²) in [4.78, 5) is 13.7. The molecule has 1 aromatic rings. The summed E-state index contributed by atoms with van der Waals surface area (Å²) in [7, 11) is 1.50. The highest BCUT2D eigenvalue weighted by atomic mass is 35.5. The number of rotatable bonds is 3. The minimum Gasteiger partial charge on any atom is -0.340 e. The summed E-state index contributed by atoms with van der Waals surface area (Å²) < 4.78 is 38.8. The van der Waals surface area contributed by atoms with Gasteiger partial charge in [-0.2, -0.15) is 13.2 Å². The van der Waals surface area contributed by atoms with E-state index in [9.17, 15) is 18.0 Å². The first-order valence-corrected chi connectivity index (χ1v) is 6.93. The number of hydrogen-bond donors (Lipinski definition) is 1. The Morgan fingerprint density at radius 3 is 2.36 bits per heavy atom. The molecule has 22 heavy (non-hydrogen) atoms. The number of benzene rings is 1. The van der Waals surface area contributed by atoms with Crippen LogP contribution in [0.2, 0.25) is 0 Å². The second kappa shape index (κ2) is 6.87. The Hall–Kier alpha value is -1.27. The predicted molar refractivity (Wildman–Crippen MR) is 80.6 cm³/mol. The summed E-state index contributed by atoms with van der Waals surface area (Å²) >= 11 is 0. The summed E-state index contributed by atoms with van der Waals surface area (Å²) in [5.41, 5.74) is 4.53. The van der Waals surface area contributed by atoms with E-state index in [0.29, 0.717) is 12.8 Å². The highest BCUT2D eigenvalue weighted by Gasteiger charge is 2.39. The molecular weight excluding hydrogens is 317 g/mol. The van der Waals surface area contributed by atoms with Gasteiger partial charge in [-0.3, -0.25) is 4.79 Å². The van der Waals surface area contributed by atoms with Gasteiger partial charge in [0.25, 0.3) is 0 Å². The highest BCUT2D eigenvalue weighted by molar-refractivity contribution is 5.86. The minimum atomic E-state index is -4.42. The molecule has 124 valence electrons.